The fourth-order valence-electron chi connectivity index (χ4n) is 1.33. The predicted octanol–water partition coefficient (Wildman–Crippen LogP) is 2.45. The van der Waals surface area contributed by atoms with Crippen LogP contribution in [-0.4, -0.2) is 17.1 Å². The molecule has 0 unspecified atom stereocenters. The van der Waals surface area contributed by atoms with Crippen molar-refractivity contribution < 1.29 is 4.74 Å². The van der Waals surface area contributed by atoms with Gasteiger partial charge in [0, 0.05) is 6.20 Å². The molecular weight excluding hydrogens is 240 g/mol. The number of hydrogen-bond donors (Lipinski definition) is 1. The van der Waals surface area contributed by atoms with Gasteiger partial charge in [-0.1, -0.05) is 24.4 Å². The summed E-state index contributed by atoms with van der Waals surface area (Å²) in [6, 6.07) is 7.72. The quantitative estimate of drug-likeness (QED) is 0.850. The first-order chi connectivity index (χ1) is 7.72. The molecule has 2 N–H and O–H groups in total. The smallest absolute Gasteiger partial charge is 0.129 e. The molecule has 2 aromatic rings. The maximum absolute atomic E-state index is 5.55. The molecule has 1 aromatic carbocycles. The first-order valence-electron chi connectivity index (χ1n) is 4.61. The summed E-state index contributed by atoms with van der Waals surface area (Å²) < 4.78 is 5.27. The van der Waals surface area contributed by atoms with E-state index in [9.17, 15) is 0 Å². The Labute approximate surface area is 103 Å². The van der Waals surface area contributed by atoms with Gasteiger partial charge in [-0.15, -0.1) is 11.3 Å². The molecule has 2 rings (SSSR count). The zero-order chi connectivity index (χ0) is 11.5. The molecule has 1 heterocycles. The van der Waals surface area contributed by atoms with Crippen molar-refractivity contribution in [3.8, 4) is 16.3 Å². The maximum Gasteiger partial charge on any atom is 0.129 e. The molecule has 0 spiro atoms. The zero-order valence-electron chi connectivity index (χ0n) is 8.64. The van der Waals surface area contributed by atoms with E-state index in [0.29, 0.717) is 4.99 Å². The molecule has 0 saturated heterocycles. The molecule has 0 aliphatic carbocycles. The highest BCUT2D eigenvalue weighted by Gasteiger charge is 2.10. The van der Waals surface area contributed by atoms with E-state index in [-0.39, 0.29) is 0 Å². The highest BCUT2D eigenvalue weighted by atomic mass is 32.1. The van der Waals surface area contributed by atoms with Crippen LogP contribution in [0.1, 0.15) is 4.88 Å². The van der Waals surface area contributed by atoms with Crippen molar-refractivity contribution in [2.45, 2.75) is 0 Å². The molecule has 0 radical (unpaired) electrons. The molecule has 0 aliphatic heterocycles. The lowest BCUT2D eigenvalue weighted by atomic mass is 10.2. The largest absolute Gasteiger partial charge is 0.496 e. The number of ether oxygens (including phenoxy) is 1. The van der Waals surface area contributed by atoms with Crippen molar-refractivity contribution in [3.05, 3.63) is 35.3 Å². The first-order valence-corrected chi connectivity index (χ1v) is 5.84. The monoisotopic (exact) mass is 250 g/mol. The van der Waals surface area contributed by atoms with Crippen molar-refractivity contribution in [3.63, 3.8) is 0 Å². The van der Waals surface area contributed by atoms with Crippen LogP contribution in [-0.2, 0) is 0 Å². The van der Waals surface area contributed by atoms with Crippen LogP contribution in [0.2, 0.25) is 0 Å². The standard InChI is InChI=1S/C11H10N2OS2/c1-14-8-5-3-2-4-7(8)11-13-6-9(16-11)10(12)15/h2-6H,1H3,(H2,12,15). The maximum atomic E-state index is 5.55. The predicted molar refractivity (Wildman–Crippen MR) is 70.0 cm³/mol. The molecule has 16 heavy (non-hydrogen) atoms. The Morgan fingerprint density at radius 2 is 2.19 bits per heavy atom. The minimum atomic E-state index is 0.374. The van der Waals surface area contributed by atoms with E-state index < -0.39 is 0 Å². The van der Waals surface area contributed by atoms with Gasteiger partial charge in [-0.25, -0.2) is 4.98 Å². The van der Waals surface area contributed by atoms with Gasteiger partial charge in [-0.3, -0.25) is 0 Å². The number of nitrogens with two attached hydrogens (primary N) is 1. The van der Waals surface area contributed by atoms with Gasteiger partial charge in [-0.2, -0.15) is 0 Å². The van der Waals surface area contributed by atoms with Gasteiger partial charge in [0.15, 0.2) is 0 Å². The van der Waals surface area contributed by atoms with Crippen LogP contribution in [0.5, 0.6) is 5.75 Å². The van der Waals surface area contributed by atoms with Gasteiger partial charge in [0.05, 0.1) is 17.6 Å². The van der Waals surface area contributed by atoms with Crippen LogP contribution in [0.15, 0.2) is 30.5 Å². The molecule has 0 aliphatic rings. The molecule has 0 amide bonds. The van der Waals surface area contributed by atoms with E-state index in [1.54, 1.807) is 13.3 Å². The lowest BCUT2D eigenvalue weighted by molar-refractivity contribution is 0.416. The normalized spacial score (nSPS) is 10.1. The summed E-state index contributed by atoms with van der Waals surface area (Å²) in [5.74, 6) is 0.798. The Morgan fingerprint density at radius 3 is 2.81 bits per heavy atom. The van der Waals surface area contributed by atoms with Crippen molar-refractivity contribution in [1.82, 2.24) is 4.98 Å². The van der Waals surface area contributed by atoms with Gasteiger partial charge in [0.25, 0.3) is 0 Å². The van der Waals surface area contributed by atoms with Crippen LogP contribution in [0.4, 0.5) is 0 Å². The Balaban J connectivity index is 2.46. The van der Waals surface area contributed by atoms with E-state index in [4.69, 9.17) is 22.7 Å². The summed E-state index contributed by atoms with van der Waals surface area (Å²) >= 11 is 6.37. The van der Waals surface area contributed by atoms with Gasteiger partial charge in [0.2, 0.25) is 0 Å². The van der Waals surface area contributed by atoms with E-state index in [1.807, 2.05) is 24.3 Å². The SMILES string of the molecule is COc1ccccc1-c1ncc(C(N)=S)s1. The minimum Gasteiger partial charge on any atom is -0.496 e. The summed E-state index contributed by atoms with van der Waals surface area (Å²) in [6.07, 6.45) is 1.69. The summed E-state index contributed by atoms with van der Waals surface area (Å²) in [5, 5.41) is 0.861. The molecule has 82 valence electrons. The molecule has 0 fully saturated rings. The van der Waals surface area contributed by atoms with Crippen molar-refractivity contribution in [2.24, 2.45) is 5.73 Å². The number of methoxy groups -OCH3 is 1. The van der Waals surface area contributed by atoms with E-state index in [2.05, 4.69) is 4.98 Å². The number of benzene rings is 1. The average Bonchev–Trinajstić information content (AvgIpc) is 2.78. The summed E-state index contributed by atoms with van der Waals surface area (Å²) in [4.78, 5) is 5.48. The van der Waals surface area contributed by atoms with Gasteiger partial charge < -0.3 is 10.5 Å². The number of para-hydroxylation sites is 1. The molecule has 0 bridgehead atoms. The summed E-state index contributed by atoms with van der Waals surface area (Å²) in [5.41, 5.74) is 6.50. The fraction of sp³-hybridized carbons (Fsp3) is 0.0909. The lowest BCUT2D eigenvalue weighted by Crippen LogP contribution is -2.06. The number of nitrogens with zero attached hydrogens (tertiary/aromatic N) is 1. The second-order valence-corrected chi connectivity index (χ2v) is 4.56. The molecule has 0 saturated carbocycles. The van der Waals surface area contributed by atoms with Crippen LogP contribution in [0, 0.1) is 0 Å². The number of thiocarbonyl (C=S) groups is 1. The Hall–Kier alpha value is -1.46. The molecular formula is C11H10N2OS2. The highest BCUT2D eigenvalue weighted by molar-refractivity contribution is 7.81. The van der Waals surface area contributed by atoms with Crippen molar-refractivity contribution in [1.29, 1.82) is 0 Å². The van der Waals surface area contributed by atoms with E-state index >= 15 is 0 Å². The number of hydrogen-bond acceptors (Lipinski definition) is 4. The van der Waals surface area contributed by atoms with E-state index in [1.165, 1.54) is 11.3 Å². The number of thiazole rings is 1. The van der Waals surface area contributed by atoms with Crippen LogP contribution in [0.3, 0.4) is 0 Å². The molecule has 1 aromatic heterocycles. The zero-order valence-corrected chi connectivity index (χ0v) is 10.3. The lowest BCUT2D eigenvalue weighted by Gasteiger charge is -2.04. The third kappa shape index (κ3) is 2.05. The Kier molecular flexibility index (Phi) is 3.17. The summed E-state index contributed by atoms with van der Waals surface area (Å²) in [7, 11) is 1.64. The first kappa shape index (κ1) is 11.0. The fourth-order valence-corrected chi connectivity index (χ4v) is 2.31. The second-order valence-electron chi connectivity index (χ2n) is 3.09. The van der Waals surface area contributed by atoms with Crippen LogP contribution < -0.4 is 10.5 Å². The third-order valence-electron chi connectivity index (χ3n) is 2.09. The number of rotatable bonds is 3. The molecule has 5 heteroatoms. The van der Waals surface area contributed by atoms with E-state index in [0.717, 1.165) is 21.2 Å². The van der Waals surface area contributed by atoms with Crippen LogP contribution >= 0.6 is 23.6 Å². The Bertz CT molecular complexity index is 522. The molecule has 0 atom stereocenters. The van der Waals surface area contributed by atoms with Gasteiger partial charge >= 0.3 is 0 Å². The van der Waals surface area contributed by atoms with Gasteiger partial charge in [0.1, 0.15) is 15.7 Å². The van der Waals surface area contributed by atoms with Crippen molar-refractivity contribution >= 4 is 28.5 Å². The Morgan fingerprint density at radius 1 is 1.44 bits per heavy atom. The summed E-state index contributed by atoms with van der Waals surface area (Å²) in [6.45, 7) is 0. The number of aromatic nitrogens is 1. The topological polar surface area (TPSA) is 48.1 Å². The van der Waals surface area contributed by atoms with Gasteiger partial charge in [-0.05, 0) is 12.1 Å². The third-order valence-corrected chi connectivity index (χ3v) is 3.50. The molecule has 3 nitrogen and oxygen atoms in total. The average molecular weight is 250 g/mol. The second kappa shape index (κ2) is 4.59. The highest BCUT2D eigenvalue weighted by Crippen LogP contribution is 2.32. The van der Waals surface area contributed by atoms with Crippen molar-refractivity contribution in [2.75, 3.05) is 7.11 Å². The minimum absolute atomic E-state index is 0.374. The van der Waals surface area contributed by atoms with Crippen LogP contribution in [0.25, 0.3) is 10.6 Å².